The van der Waals surface area contributed by atoms with Crippen molar-refractivity contribution in [2.75, 3.05) is 0 Å². The van der Waals surface area contributed by atoms with E-state index in [0.717, 1.165) is 0 Å². The summed E-state index contributed by atoms with van der Waals surface area (Å²) in [6.45, 7) is 18.8. The standard InChI is InChI=1S/C15H24.FH/c1-7-15(6)9-8-13(11(2)3)10-14(15)12(4)5;/h7,13-14H,1-2,4,8-10H2,3,5-6H3;1H/t13-,14+,15-;/m0./s1. The van der Waals surface area contributed by atoms with Crippen molar-refractivity contribution in [1.82, 2.24) is 0 Å². The van der Waals surface area contributed by atoms with Crippen LogP contribution < -0.4 is 0 Å². The first-order valence-electron chi connectivity index (χ1n) is 5.85. The average Bonchev–Trinajstić information content (AvgIpc) is 2.17. The molecule has 1 fully saturated rings. The molecular weight excluding hydrogens is 199 g/mol. The fourth-order valence-electron chi connectivity index (χ4n) is 2.79. The van der Waals surface area contributed by atoms with Crippen LogP contribution in [-0.4, -0.2) is 0 Å². The minimum absolute atomic E-state index is 0. The molecule has 0 heterocycles. The Morgan fingerprint density at radius 3 is 2.19 bits per heavy atom. The van der Waals surface area contributed by atoms with Crippen LogP contribution in [0.3, 0.4) is 0 Å². The summed E-state index contributed by atoms with van der Waals surface area (Å²) in [7, 11) is 0. The molecule has 1 saturated carbocycles. The lowest BCUT2D eigenvalue weighted by Crippen LogP contribution is -2.33. The Kier molecular flexibility index (Phi) is 5.18. The van der Waals surface area contributed by atoms with Gasteiger partial charge in [-0.2, -0.15) is 0 Å². The van der Waals surface area contributed by atoms with Gasteiger partial charge < -0.3 is 0 Å². The van der Waals surface area contributed by atoms with Gasteiger partial charge in [-0.05, 0) is 50.4 Å². The van der Waals surface area contributed by atoms with Crippen LogP contribution >= 0.6 is 0 Å². The summed E-state index contributed by atoms with van der Waals surface area (Å²) in [5, 5.41) is 0. The highest BCUT2D eigenvalue weighted by atomic mass is 19.0. The number of halogens is 1. The van der Waals surface area contributed by atoms with Gasteiger partial charge in [0.1, 0.15) is 0 Å². The molecule has 1 rings (SSSR count). The Morgan fingerprint density at radius 1 is 1.25 bits per heavy atom. The number of hydrogen-bond donors (Lipinski definition) is 0. The van der Waals surface area contributed by atoms with Gasteiger partial charge in [0.15, 0.2) is 0 Å². The maximum atomic E-state index is 4.14. The molecule has 0 radical (unpaired) electrons. The second-order valence-electron chi connectivity index (χ2n) is 5.43. The fraction of sp³-hybridized carbons (Fsp3) is 0.600. The highest BCUT2D eigenvalue weighted by Gasteiger charge is 2.38. The fourth-order valence-corrected chi connectivity index (χ4v) is 2.79. The molecule has 0 aromatic rings. The van der Waals surface area contributed by atoms with E-state index in [0.29, 0.717) is 11.8 Å². The van der Waals surface area contributed by atoms with Crippen LogP contribution in [-0.2, 0) is 0 Å². The second-order valence-corrected chi connectivity index (χ2v) is 5.43. The predicted octanol–water partition coefficient (Wildman–Crippen LogP) is 4.90. The molecule has 0 N–H and O–H groups in total. The summed E-state index contributed by atoms with van der Waals surface area (Å²) in [5.41, 5.74) is 2.87. The van der Waals surface area contributed by atoms with Gasteiger partial charge in [-0.1, -0.05) is 37.3 Å². The van der Waals surface area contributed by atoms with Crippen molar-refractivity contribution in [3.8, 4) is 0 Å². The van der Waals surface area contributed by atoms with E-state index in [9.17, 15) is 0 Å². The van der Waals surface area contributed by atoms with Gasteiger partial charge in [0.05, 0.1) is 0 Å². The molecule has 1 heteroatoms. The largest absolute Gasteiger partial charge is 0.269 e. The van der Waals surface area contributed by atoms with E-state index >= 15 is 0 Å². The Labute approximate surface area is 99.5 Å². The molecule has 0 aliphatic heterocycles. The van der Waals surface area contributed by atoms with Gasteiger partial charge in [0.2, 0.25) is 0 Å². The molecule has 0 spiro atoms. The maximum absolute atomic E-state index is 4.14. The highest BCUT2D eigenvalue weighted by molar-refractivity contribution is 5.15. The molecular formula is C15H25F. The molecule has 0 bridgehead atoms. The monoisotopic (exact) mass is 224 g/mol. The predicted molar refractivity (Wildman–Crippen MR) is 71.3 cm³/mol. The number of rotatable bonds is 3. The molecule has 0 aromatic heterocycles. The molecule has 16 heavy (non-hydrogen) atoms. The lowest BCUT2D eigenvalue weighted by molar-refractivity contribution is 0.170. The summed E-state index contributed by atoms with van der Waals surface area (Å²) >= 11 is 0. The topological polar surface area (TPSA) is 0 Å². The number of hydrogen-bond acceptors (Lipinski definition) is 0. The van der Waals surface area contributed by atoms with Crippen LogP contribution in [0.1, 0.15) is 40.0 Å². The Hall–Kier alpha value is -0.850. The second kappa shape index (κ2) is 5.47. The summed E-state index contributed by atoms with van der Waals surface area (Å²) in [6.07, 6.45) is 5.79. The Bertz CT molecular complexity index is 290. The summed E-state index contributed by atoms with van der Waals surface area (Å²) < 4.78 is 0. The van der Waals surface area contributed by atoms with Crippen LogP contribution in [0.25, 0.3) is 0 Å². The zero-order valence-electron chi connectivity index (χ0n) is 10.9. The van der Waals surface area contributed by atoms with Crippen LogP contribution in [0.2, 0.25) is 0 Å². The van der Waals surface area contributed by atoms with Gasteiger partial charge in [0.25, 0.3) is 0 Å². The Balaban J connectivity index is 0.00000225. The SMILES string of the molecule is C=C[C@@]1(C)CC[C@H](C(=C)C)C[C@@H]1C(=C)C.F. The molecule has 92 valence electrons. The van der Waals surface area contributed by atoms with Gasteiger partial charge in [-0.25, -0.2) is 0 Å². The van der Waals surface area contributed by atoms with Crippen LogP contribution in [0.15, 0.2) is 37.0 Å². The molecule has 0 amide bonds. The van der Waals surface area contributed by atoms with Crippen molar-refractivity contribution in [3.05, 3.63) is 37.0 Å². The third-order valence-corrected chi connectivity index (χ3v) is 4.11. The first-order chi connectivity index (χ1) is 6.90. The van der Waals surface area contributed by atoms with Crippen molar-refractivity contribution >= 4 is 0 Å². The maximum Gasteiger partial charge on any atom is -0.00836 e. The highest BCUT2D eigenvalue weighted by Crippen LogP contribution is 2.48. The van der Waals surface area contributed by atoms with E-state index in [2.05, 4.69) is 46.6 Å². The summed E-state index contributed by atoms with van der Waals surface area (Å²) in [4.78, 5) is 0. The smallest absolute Gasteiger partial charge is 0.00836 e. The van der Waals surface area contributed by atoms with E-state index in [-0.39, 0.29) is 10.1 Å². The van der Waals surface area contributed by atoms with Gasteiger partial charge in [0, 0.05) is 0 Å². The molecule has 0 nitrogen and oxygen atoms in total. The molecule has 3 atom stereocenters. The summed E-state index contributed by atoms with van der Waals surface area (Å²) in [5.74, 6) is 1.25. The van der Waals surface area contributed by atoms with Gasteiger partial charge >= 0.3 is 0 Å². The third-order valence-electron chi connectivity index (χ3n) is 4.11. The molecule has 0 unspecified atom stereocenters. The quantitative estimate of drug-likeness (QED) is 0.598. The zero-order chi connectivity index (χ0) is 11.6. The van der Waals surface area contributed by atoms with E-state index in [4.69, 9.17) is 0 Å². The molecule has 0 aromatic carbocycles. The van der Waals surface area contributed by atoms with Crippen LogP contribution in [0.5, 0.6) is 0 Å². The molecule has 0 saturated heterocycles. The zero-order valence-corrected chi connectivity index (χ0v) is 10.9. The Morgan fingerprint density at radius 2 is 1.81 bits per heavy atom. The van der Waals surface area contributed by atoms with E-state index in [1.165, 1.54) is 30.4 Å². The van der Waals surface area contributed by atoms with E-state index < -0.39 is 0 Å². The average molecular weight is 224 g/mol. The van der Waals surface area contributed by atoms with E-state index in [1.54, 1.807) is 0 Å². The summed E-state index contributed by atoms with van der Waals surface area (Å²) in [6, 6.07) is 0. The lowest BCUT2D eigenvalue weighted by atomic mass is 9.61. The van der Waals surface area contributed by atoms with Crippen molar-refractivity contribution in [3.63, 3.8) is 0 Å². The van der Waals surface area contributed by atoms with Crippen molar-refractivity contribution in [2.45, 2.75) is 40.0 Å². The minimum atomic E-state index is 0. The van der Waals surface area contributed by atoms with Gasteiger partial charge in [-0.15, -0.1) is 6.58 Å². The first-order valence-corrected chi connectivity index (χ1v) is 5.85. The number of allylic oxidation sites excluding steroid dienone is 3. The first kappa shape index (κ1) is 15.2. The van der Waals surface area contributed by atoms with Crippen molar-refractivity contribution < 1.29 is 4.70 Å². The molecule has 1 aliphatic carbocycles. The van der Waals surface area contributed by atoms with Crippen molar-refractivity contribution in [1.29, 1.82) is 0 Å². The van der Waals surface area contributed by atoms with Crippen LogP contribution in [0, 0.1) is 17.3 Å². The molecule has 1 aliphatic rings. The normalized spacial score (nSPS) is 33.7. The van der Waals surface area contributed by atoms with Crippen LogP contribution in [0.4, 0.5) is 4.70 Å². The third kappa shape index (κ3) is 2.84. The van der Waals surface area contributed by atoms with E-state index in [1.807, 2.05) is 0 Å². The minimum Gasteiger partial charge on any atom is -0.269 e. The lowest BCUT2D eigenvalue weighted by Gasteiger charge is -2.43. The van der Waals surface area contributed by atoms with Crippen molar-refractivity contribution in [2.24, 2.45) is 17.3 Å². The van der Waals surface area contributed by atoms with Gasteiger partial charge in [-0.3, -0.25) is 4.70 Å².